The van der Waals surface area contributed by atoms with Crippen LogP contribution in [0.5, 0.6) is 0 Å². The molecule has 0 atom stereocenters. The monoisotopic (exact) mass is 261 g/mol. The molecule has 5 heteroatoms. The maximum atomic E-state index is 11.8. The summed E-state index contributed by atoms with van der Waals surface area (Å²) in [7, 11) is 0. The molecule has 2 fully saturated rings. The van der Waals surface area contributed by atoms with E-state index in [1.807, 2.05) is 6.07 Å². The van der Waals surface area contributed by atoms with E-state index in [9.17, 15) is 14.7 Å². The fraction of sp³-hybridized carbons (Fsp3) is 0.429. The SMILES string of the molecule is O=C1CCON1c1ccccc1C1(C(=O)O)CCC1. The highest BCUT2D eigenvalue weighted by Crippen LogP contribution is 2.47. The molecule has 0 spiro atoms. The summed E-state index contributed by atoms with van der Waals surface area (Å²) in [6.45, 7) is 0.354. The van der Waals surface area contributed by atoms with Gasteiger partial charge < -0.3 is 5.11 Å². The van der Waals surface area contributed by atoms with E-state index in [2.05, 4.69) is 0 Å². The number of nitrogens with zero attached hydrogens (tertiary/aromatic N) is 1. The number of benzene rings is 1. The number of hydrogen-bond acceptors (Lipinski definition) is 3. The van der Waals surface area contributed by atoms with E-state index in [1.54, 1.807) is 18.2 Å². The Labute approximate surface area is 110 Å². The average molecular weight is 261 g/mol. The van der Waals surface area contributed by atoms with Crippen LogP contribution < -0.4 is 5.06 Å². The topological polar surface area (TPSA) is 66.8 Å². The molecular weight excluding hydrogens is 246 g/mol. The molecule has 100 valence electrons. The second kappa shape index (κ2) is 4.35. The van der Waals surface area contributed by atoms with Crippen LogP contribution in [0.2, 0.25) is 0 Å². The van der Waals surface area contributed by atoms with Crippen LogP contribution in [-0.4, -0.2) is 23.6 Å². The first-order valence-corrected chi connectivity index (χ1v) is 6.44. The van der Waals surface area contributed by atoms with Gasteiger partial charge in [-0.1, -0.05) is 24.6 Å². The zero-order valence-electron chi connectivity index (χ0n) is 10.5. The van der Waals surface area contributed by atoms with Gasteiger partial charge >= 0.3 is 5.97 Å². The summed E-state index contributed by atoms with van der Waals surface area (Å²) >= 11 is 0. The Bertz CT molecular complexity index is 536. The van der Waals surface area contributed by atoms with Crippen molar-refractivity contribution in [2.24, 2.45) is 0 Å². The molecule has 3 rings (SSSR count). The van der Waals surface area contributed by atoms with Gasteiger partial charge in [-0.2, -0.15) is 5.06 Å². The maximum Gasteiger partial charge on any atom is 0.314 e. The minimum atomic E-state index is -0.858. The molecule has 1 aromatic rings. The number of para-hydroxylation sites is 1. The van der Waals surface area contributed by atoms with Gasteiger partial charge in [0.15, 0.2) is 0 Å². The lowest BCUT2D eigenvalue weighted by Crippen LogP contribution is -2.43. The average Bonchev–Trinajstić information content (AvgIpc) is 2.74. The summed E-state index contributed by atoms with van der Waals surface area (Å²) in [5, 5.41) is 10.8. The van der Waals surface area contributed by atoms with Gasteiger partial charge in [-0.3, -0.25) is 14.4 Å². The van der Waals surface area contributed by atoms with Crippen molar-refractivity contribution in [3.05, 3.63) is 29.8 Å². The molecule has 5 nitrogen and oxygen atoms in total. The molecule has 0 radical (unpaired) electrons. The second-order valence-electron chi connectivity index (χ2n) is 5.03. The molecule has 1 N–H and O–H groups in total. The van der Waals surface area contributed by atoms with Gasteiger partial charge in [0.1, 0.15) is 0 Å². The first-order valence-electron chi connectivity index (χ1n) is 6.44. The molecule has 1 saturated carbocycles. The van der Waals surface area contributed by atoms with Crippen LogP contribution >= 0.6 is 0 Å². The van der Waals surface area contributed by atoms with Crippen LogP contribution in [0.4, 0.5) is 5.69 Å². The highest BCUT2D eigenvalue weighted by molar-refractivity contribution is 5.95. The number of carbonyl (C=O) groups is 2. The largest absolute Gasteiger partial charge is 0.481 e. The molecule has 1 heterocycles. The summed E-state index contributed by atoms with van der Waals surface area (Å²) in [5.41, 5.74) is 0.402. The van der Waals surface area contributed by atoms with Crippen molar-refractivity contribution in [1.82, 2.24) is 0 Å². The van der Waals surface area contributed by atoms with Crippen molar-refractivity contribution >= 4 is 17.6 Å². The number of carbonyl (C=O) groups excluding carboxylic acids is 1. The van der Waals surface area contributed by atoms with Crippen LogP contribution in [0.1, 0.15) is 31.2 Å². The molecule has 2 aliphatic rings. The predicted molar refractivity (Wildman–Crippen MR) is 67.7 cm³/mol. The van der Waals surface area contributed by atoms with Gasteiger partial charge in [-0.25, -0.2) is 0 Å². The molecule has 1 amide bonds. The number of carboxylic acid groups (broad SMARTS) is 1. The fourth-order valence-corrected chi connectivity index (χ4v) is 2.79. The van der Waals surface area contributed by atoms with E-state index in [0.717, 1.165) is 6.42 Å². The quantitative estimate of drug-likeness (QED) is 0.901. The Morgan fingerprint density at radius 3 is 2.58 bits per heavy atom. The van der Waals surface area contributed by atoms with E-state index in [4.69, 9.17) is 4.84 Å². The smallest absolute Gasteiger partial charge is 0.314 e. The zero-order valence-corrected chi connectivity index (χ0v) is 10.5. The lowest BCUT2D eigenvalue weighted by molar-refractivity contribution is -0.147. The summed E-state index contributed by atoms with van der Waals surface area (Å²) in [6, 6.07) is 7.14. The number of anilines is 1. The Morgan fingerprint density at radius 1 is 1.32 bits per heavy atom. The van der Waals surface area contributed by atoms with E-state index < -0.39 is 11.4 Å². The minimum absolute atomic E-state index is 0.118. The number of hydroxylamine groups is 1. The summed E-state index contributed by atoms with van der Waals surface area (Å²) in [5.74, 6) is -0.940. The van der Waals surface area contributed by atoms with Gasteiger partial charge in [-0.05, 0) is 24.5 Å². The molecule has 19 heavy (non-hydrogen) atoms. The number of amides is 1. The Morgan fingerprint density at radius 2 is 2.05 bits per heavy atom. The number of carboxylic acids is 1. The highest BCUT2D eigenvalue weighted by Gasteiger charge is 2.48. The van der Waals surface area contributed by atoms with Gasteiger partial charge in [0.2, 0.25) is 0 Å². The van der Waals surface area contributed by atoms with Crippen LogP contribution in [0, 0.1) is 0 Å². The van der Waals surface area contributed by atoms with Crippen LogP contribution in [0.3, 0.4) is 0 Å². The van der Waals surface area contributed by atoms with Crippen LogP contribution in [0.15, 0.2) is 24.3 Å². The lowest BCUT2D eigenvalue weighted by Gasteiger charge is -2.39. The molecule has 1 saturated heterocycles. The molecule has 0 aromatic heterocycles. The molecule has 1 aliphatic heterocycles. The Hall–Kier alpha value is -1.88. The van der Waals surface area contributed by atoms with Crippen molar-refractivity contribution < 1.29 is 19.5 Å². The summed E-state index contributed by atoms with van der Waals surface area (Å²) in [4.78, 5) is 28.7. The van der Waals surface area contributed by atoms with Crippen molar-refractivity contribution in [3.8, 4) is 0 Å². The molecular formula is C14H15NO4. The third-order valence-electron chi connectivity index (χ3n) is 4.02. The fourth-order valence-electron chi connectivity index (χ4n) is 2.79. The summed E-state index contributed by atoms with van der Waals surface area (Å²) in [6.07, 6.45) is 2.46. The van der Waals surface area contributed by atoms with Gasteiger partial charge in [0.05, 0.1) is 24.1 Å². The first-order chi connectivity index (χ1) is 9.15. The van der Waals surface area contributed by atoms with Crippen LogP contribution in [0.25, 0.3) is 0 Å². The van der Waals surface area contributed by atoms with Gasteiger partial charge in [0, 0.05) is 0 Å². The van der Waals surface area contributed by atoms with E-state index in [-0.39, 0.29) is 5.91 Å². The van der Waals surface area contributed by atoms with Gasteiger partial charge in [0.25, 0.3) is 5.91 Å². The third kappa shape index (κ3) is 1.73. The van der Waals surface area contributed by atoms with Gasteiger partial charge in [-0.15, -0.1) is 0 Å². The second-order valence-corrected chi connectivity index (χ2v) is 5.03. The van der Waals surface area contributed by atoms with Crippen molar-refractivity contribution in [2.45, 2.75) is 31.1 Å². The normalized spacial score (nSPS) is 21.3. The van der Waals surface area contributed by atoms with E-state index >= 15 is 0 Å². The first kappa shape index (κ1) is 12.2. The highest BCUT2D eigenvalue weighted by atomic mass is 16.7. The van der Waals surface area contributed by atoms with E-state index in [0.29, 0.717) is 37.1 Å². The summed E-state index contributed by atoms with van der Waals surface area (Å²) < 4.78 is 0. The third-order valence-corrected chi connectivity index (χ3v) is 4.02. The molecule has 1 aliphatic carbocycles. The number of aliphatic carboxylic acids is 1. The van der Waals surface area contributed by atoms with Crippen molar-refractivity contribution in [2.75, 3.05) is 11.7 Å². The minimum Gasteiger partial charge on any atom is -0.481 e. The predicted octanol–water partition coefficient (Wildman–Crippen LogP) is 1.86. The molecule has 0 unspecified atom stereocenters. The van der Waals surface area contributed by atoms with Crippen molar-refractivity contribution in [3.63, 3.8) is 0 Å². The number of hydrogen-bond donors (Lipinski definition) is 1. The zero-order chi connectivity index (χ0) is 13.5. The Kier molecular flexibility index (Phi) is 2.78. The molecule has 0 bridgehead atoms. The maximum absolute atomic E-state index is 11.8. The standard InChI is InChI=1S/C14H15NO4/c16-12-6-9-19-15(12)11-5-2-1-4-10(11)14(13(17)18)7-3-8-14/h1-2,4-5H,3,6-9H2,(H,17,18). The van der Waals surface area contributed by atoms with Crippen molar-refractivity contribution in [1.29, 1.82) is 0 Å². The molecule has 1 aromatic carbocycles. The Balaban J connectivity index is 2.07. The van der Waals surface area contributed by atoms with E-state index in [1.165, 1.54) is 5.06 Å². The lowest BCUT2D eigenvalue weighted by atomic mass is 9.64. The number of rotatable bonds is 3. The van der Waals surface area contributed by atoms with Crippen LogP contribution in [-0.2, 0) is 19.8 Å².